The molecule has 2 unspecified atom stereocenters. The van der Waals surface area contributed by atoms with Crippen LogP contribution >= 0.6 is 11.8 Å². The van der Waals surface area contributed by atoms with Gasteiger partial charge in [-0.05, 0) is 64.8 Å². The molecule has 8 nitrogen and oxygen atoms in total. The van der Waals surface area contributed by atoms with Crippen molar-refractivity contribution in [1.82, 2.24) is 4.90 Å². The van der Waals surface area contributed by atoms with Gasteiger partial charge in [-0.25, -0.2) is 0 Å². The molecular weight excluding hydrogens is 490 g/mol. The maximum atomic E-state index is 14.4. The third-order valence-corrected chi connectivity index (χ3v) is 10.2. The van der Waals surface area contributed by atoms with Gasteiger partial charge in [0.2, 0.25) is 5.91 Å². The standard InChI is InChI=1S/C28H39N3O5S/c1-6-16-30(20-12-10-19(11-13-20)29(7-2)8-3)25(34)23-28-15-14-27(5,37-28)22(26(35)36-9-4)21(28)24(33)31(23)17-18-32/h6,10-13,21-23,32H,1,7-9,14-18H2,2-5H3/t21-,22+,23?,27-,28?/m0/s1. The van der Waals surface area contributed by atoms with Gasteiger partial charge in [0.25, 0.3) is 5.91 Å². The summed E-state index contributed by atoms with van der Waals surface area (Å²) in [6.07, 6.45) is 3.06. The third kappa shape index (κ3) is 4.34. The minimum Gasteiger partial charge on any atom is -0.466 e. The quantitative estimate of drug-likeness (QED) is 0.348. The number of β-amino-alcohol motifs (C(OH)–C–C–N with tert-alkyl or cyclic N) is 1. The average molecular weight is 530 g/mol. The fourth-order valence-corrected chi connectivity index (χ4v) is 9.01. The number of hydrogen-bond acceptors (Lipinski definition) is 7. The summed E-state index contributed by atoms with van der Waals surface area (Å²) in [4.78, 5) is 46.7. The number of carbonyl (C=O) groups excluding carboxylic acids is 3. The van der Waals surface area contributed by atoms with Gasteiger partial charge < -0.3 is 24.5 Å². The zero-order valence-corrected chi connectivity index (χ0v) is 23.1. The number of ether oxygens (including phenoxy) is 1. The molecular formula is C28H39N3O5S. The van der Waals surface area contributed by atoms with Gasteiger partial charge in [-0.1, -0.05) is 6.08 Å². The second kappa shape index (κ2) is 10.7. The number of fused-ring (bicyclic) bond motifs is 1. The third-order valence-electron chi connectivity index (χ3n) is 8.26. The van der Waals surface area contributed by atoms with Crippen molar-refractivity contribution in [2.45, 2.75) is 56.1 Å². The Balaban J connectivity index is 1.74. The van der Waals surface area contributed by atoms with Crippen LogP contribution in [0.4, 0.5) is 11.4 Å². The van der Waals surface area contributed by atoms with Gasteiger partial charge in [0.1, 0.15) is 6.04 Å². The topological polar surface area (TPSA) is 90.4 Å². The highest BCUT2D eigenvalue weighted by molar-refractivity contribution is 8.02. The van der Waals surface area contributed by atoms with Gasteiger partial charge >= 0.3 is 5.97 Å². The first-order valence-corrected chi connectivity index (χ1v) is 14.1. The van der Waals surface area contributed by atoms with Crippen molar-refractivity contribution in [2.75, 3.05) is 49.2 Å². The van der Waals surface area contributed by atoms with Crippen molar-refractivity contribution in [3.05, 3.63) is 36.9 Å². The number of aliphatic hydroxyl groups excluding tert-OH is 1. The van der Waals surface area contributed by atoms with E-state index in [0.29, 0.717) is 6.42 Å². The molecule has 2 bridgehead atoms. The molecule has 0 radical (unpaired) electrons. The molecule has 3 aliphatic rings. The Morgan fingerprint density at radius 1 is 1.19 bits per heavy atom. The molecule has 1 aromatic rings. The molecule has 37 heavy (non-hydrogen) atoms. The Hall–Kier alpha value is -2.52. The van der Waals surface area contributed by atoms with Crippen LogP contribution in [-0.4, -0.2) is 82.7 Å². The van der Waals surface area contributed by atoms with Gasteiger partial charge in [0, 0.05) is 42.3 Å². The molecule has 0 aromatic heterocycles. The van der Waals surface area contributed by atoms with Crippen molar-refractivity contribution in [2.24, 2.45) is 11.8 Å². The summed E-state index contributed by atoms with van der Waals surface area (Å²) >= 11 is 1.60. The Morgan fingerprint density at radius 2 is 1.84 bits per heavy atom. The second-order valence-corrected chi connectivity index (χ2v) is 12.1. The predicted molar refractivity (Wildman–Crippen MR) is 147 cm³/mol. The van der Waals surface area contributed by atoms with Gasteiger partial charge in [-0.15, -0.1) is 18.3 Å². The van der Waals surface area contributed by atoms with Crippen LogP contribution in [0.15, 0.2) is 36.9 Å². The van der Waals surface area contributed by atoms with Crippen LogP contribution in [0.3, 0.4) is 0 Å². The van der Waals surface area contributed by atoms with Crippen molar-refractivity contribution in [3.63, 3.8) is 0 Å². The molecule has 1 N–H and O–H groups in total. The van der Waals surface area contributed by atoms with Gasteiger partial charge in [0.05, 0.1) is 29.8 Å². The summed E-state index contributed by atoms with van der Waals surface area (Å²) in [6, 6.07) is 7.09. The summed E-state index contributed by atoms with van der Waals surface area (Å²) < 4.78 is 4.20. The highest BCUT2D eigenvalue weighted by Crippen LogP contribution is 2.71. The summed E-state index contributed by atoms with van der Waals surface area (Å²) in [7, 11) is 0. The lowest BCUT2D eigenvalue weighted by Gasteiger charge is -2.37. The van der Waals surface area contributed by atoms with Crippen LogP contribution in [0.2, 0.25) is 0 Å². The number of esters is 1. The number of rotatable bonds is 11. The van der Waals surface area contributed by atoms with E-state index in [4.69, 9.17) is 4.74 Å². The number of benzene rings is 1. The van der Waals surface area contributed by atoms with E-state index in [9.17, 15) is 19.5 Å². The number of likely N-dealkylation sites (tertiary alicyclic amines) is 1. The van der Waals surface area contributed by atoms with Gasteiger partial charge in [0.15, 0.2) is 0 Å². The smallest absolute Gasteiger partial charge is 0.311 e. The highest BCUT2D eigenvalue weighted by Gasteiger charge is 2.77. The Labute approximate surface area is 224 Å². The molecule has 202 valence electrons. The van der Waals surface area contributed by atoms with Crippen molar-refractivity contribution in [3.8, 4) is 0 Å². The fourth-order valence-electron chi connectivity index (χ4n) is 6.67. The Bertz CT molecular complexity index is 1040. The monoisotopic (exact) mass is 529 g/mol. The number of anilines is 2. The summed E-state index contributed by atoms with van der Waals surface area (Å²) in [5, 5.41) is 9.83. The first kappa shape index (κ1) is 27.5. The van der Waals surface area contributed by atoms with E-state index >= 15 is 0 Å². The van der Waals surface area contributed by atoms with Crippen LogP contribution in [0, 0.1) is 11.8 Å². The normalized spacial score (nSPS) is 29.8. The van der Waals surface area contributed by atoms with E-state index in [1.54, 1.807) is 29.7 Å². The molecule has 1 spiro atoms. The Kier molecular flexibility index (Phi) is 7.95. The predicted octanol–water partition coefficient (Wildman–Crippen LogP) is 3.09. The lowest BCUT2D eigenvalue weighted by atomic mass is 9.66. The van der Waals surface area contributed by atoms with E-state index in [-0.39, 0.29) is 44.1 Å². The van der Waals surface area contributed by atoms with E-state index in [1.165, 1.54) is 4.90 Å². The second-order valence-electron chi connectivity index (χ2n) is 10.2. The average Bonchev–Trinajstić information content (AvgIpc) is 3.45. The fraction of sp³-hybridized carbons (Fsp3) is 0.607. The van der Waals surface area contributed by atoms with Crippen molar-refractivity contribution < 1.29 is 24.2 Å². The van der Waals surface area contributed by atoms with Gasteiger partial charge in [-0.3, -0.25) is 14.4 Å². The van der Waals surface area contributed by atoms with Crippen molar-refractivity contribution in [1.29, 1.82) is 0 Å². The molecule has 3 saturated heterocycles. The van der Waals surface area contributed by atoms with E-state index in [0.717, 1.165) is 30.9 Å². The zero-order valence-electron chi connectivity index (χ0n) is 22.3. The number of thioether (sulfide) groups is 1. The van der Waals surface area contributed by atoms with E-state index in [2.05, 4.69) is 25.3 Å². The maximum absolute atomic E-state index is 14.4. The number of amides is 2. The van der Waals surface area contributed by atoms with Crippen LogP contribution in [-0.2, 0) is 19.1 Å². The molecule has 3 aliphatic heterocycles. The van der Waals surface area contributed by atoms with Crippen LogP contribution < -0.4 is 9.80 Å². The van der Waals surface area contributed by atoms with Crippen LogP contribution in [0.5, 0.6) is 0 Å². The minimum absolute atomic E-state index is 0.0448. The molecule has 1 aromatic carbocycles. The van der Waals surface area contributed by atoms with Crippen LogP contribution in [0.25, 0.3) is 0 Å². The van der Waals surface area contributed by atoms with Crippen LogP contribution in [0.1, 0.15) is 40.5 Å². The number of hydrogen-bond donors (Lipinski definition) is 1. The number of nitrogens with zero attached hydrogens (tertiary/aromatic N) is 3. The Morgan fingerprint density at radius 3 is 2.41 bits per heavy atom. The molecule has 2 amide bonds. The SMILES string of the molecule is C=CCN(C(=O)C1N(CCO)C(=O)[C@@H]2[C@H](C(=O)OCC)[C@]3(C)CCC12S3)c1ccc(N(CC)CC)cc1. The first-order valence-electron chi connectivity index (χ1n) is 13.3. The molecule has 0 saturated carbocycles. The maximum Gasteiger partial charge on any atom is 0.311 e. The molecule has 0 aliphatic carbocycles. The summed E-state index contributed by atoms with van der Waals surface area (Å²) in [5.41, 5.74) is 1.80. The van der Waals surface area contributed by atoms with E-state index in [1.807, 2.05) is 31.2 Å². The lowest BCUT2D eigenvalue weighted by Crippen LogP contribution is -2.55. The number of aliphatic hydroxyl groups is 1. The minimum atomic E-state index is -0.786. The summed E-state index contributed by atoms with van der Waals surface area (Å²) in [6.45, 7) is 13.9. The molecule has 3 heterocycles. The summed E-state index contributed by atoms with van der Waals surface area (Å²) in [5.74, 6) is -2.08. The van der Waals surface area contributed by atoms with Gasteiger partial charge in [-0.2, -0.15) is 0 Å². The molecule has 3 fully saturated rings. The molecule has 5 atom stereocenters. The first-order chi connectivity index (χ1) is 17.7. The molecule has 9 heteroatoms. The van der Waals surface area contributed by atoms with Crippen molar-refractivity contribution >= 4 is 40.9 Å². The largest absolute Gasteiger partial charge is 0.466 e. The zero-order chi connectivity index (χ0) is 27.0. The van der Waals surface area contributed by atoms with E-state index < -0.39 is 27.4 Å². The number of carbonyl (C=O) groups is 3. The lowest BCUT2D eigenvalue weighted by molar-refractivity contribution is -0.155. The molecule has 4 rings (SSSR count). The highest BCUT2D eigenvalue weighted by atomic mass is 32.2.